The summed E-state index contributed by atoms with van der Waals surface area (Å²) < 4.78 is 29.5. The maximum absolute atomic E-state index is 15.1. The average Bonchev–Trinajstić information content (AvgIpc) is 3.29. The second-order valence-electron chi connectivity index (χ2n) is 13.2. The minimum atomic E-state index is -3.06. The first-order valence-corrected chi connectivity index (χ1v) is 19.2. The van der Waals surface area contributed by atoms with E-state index in [-0.39, 0.29) is 23.7 Å². The number of hydrogen-bond donors (Lipinski definition) is 1. The lowest BCUT2D eigenvalue weighted by molar-refractivity contribution is 0.0992. The largest absolute Gasteiger partial charge is 0.493 e. The van der Waals surface area contributed by atoms with Crippen molar-refractivity contribution in [2.24, 2.45) is 4.99 Å². The third kappa shape index (κ3) is 7.22. The van der Waals surface area contributed by atoms with Crippen molar-refractivity contribution in [1.82, 2.24) is 20.1 Å². The van der Waals surface area contributed by atoms with Crippen LogP contribution in [-0.2, 0) is 20.9 Å². The number of halogens is 2. The molecule has 0 bridgehead atoms. The highest BCUT2D eigenvalue weighted by Gasteiger charge is 2.60. The average molecular weight is 715 g/mol. The molecule has 0 saturated carbocycles. The van der Waals surface area contributed by atoms with Crippen molar-refractivity contribution < 1.29 is 17.9 Å². The number of aromatic nitrogens is 1. The summed E-state index contributed by atoms with van der Waals surface area (Å²) in [5, 5.41) is 4.55. The van der Waals surface area contributed by atoms with Gasteiger partial charge in [-0.1, -0.05) is 61.3 Å². The van der Waals surface area contributed by atoms with E-state index in [1.807, 2.05) is 78.2 Å². The Labute approximate surface area is 294 Å². The highest BCUT2D eigenvalue weighted by atomic mass is 35.5. The van der Waals surface area contributed by atoms with Gasteiger partial charge in [-0.2, -0.15) is 0 Å². The van der Waals surface area contributed by atoms with Crippen LogP contribution in [0.1, 0.15) is 75.8 Å². The molecule has 3 aromatic rings. The number of aliphatic imine (C=N–C) groups is 1. The maximum Gasteiger partial charge on any atom is 0.326 e. The molecule has 12 heteroatoms. The van der Waals surface area contributed by atoms with Gasteiger partial charge in [-0.25, -0.2) is 13.2 Å². The Hall–Kier alpha value is -3.18. The number of amides is 2. The number of rotatable bonds is 10. The number of nitrogens with one attached hydrogen (secondary N) is 1. The van der Waals surface area contributed by atoms with Crippen molar-refractivity contribution in [3.8, 4) is 5.75 Å². The lowest BCUT2D eigenvalue weighted by Crippen LogP contribution is -2.59. The van der Waals surface area contributed by atoms with E-state index in [9.17, 15) is 8.42 Å². The highest BCUT2D eigenvalue weighted by Crippen LogP contribution is 2.54. The van der Waals surface area contributed by atoms with Crippen molar-refractivity contribution >= 4 is 44.9 Å². The quantitative estimate of drug-likeness (QED) is 0.242. The molecule has 0 radical (unpaired) electrons. The van der Waals surface area contributed by atoms with Gasteiger partial charge in [-0.3, -0.25) is 14.9 Å². The van der Waals surface area contributed by atoms with Gasteiger partial charge in [-0.05, 0) is 74.9 Å². The van der Waals surface area contributed by atoms with Crippen molar-refractivity contribution in [3.63, 3.8) is 0 Å². The molecule has 1 aromatic heterocycles. The third-order valence-electron chi connectivity index (χ3n) is 9.63. The summed E-state index contributed by atoms with van der Waals surface area (Å²) >= 11 is 12.7. The molecule has 48 heavy (non-hydrogen) atoms. The fraction of sp³-hybridized carbons (Fsp3) is 0.472. The van der Waals surface area contributed by atoms with Crippen molar-refractivity contribution in [3.05, 3.63) is 93.2 Å². The Morgan fingerprint density at radius 2 is 1.60 bits per heavy atom. The SMILES string of the molecule is CCOc1cc(C(C)C)ncc1C1=N[C@@](C)(c2ccc(Cl)cc2)[C@@](C)(c2ccc(Cl)cc2)N1C(=O)N1CCC(NCCS(C)(=O)=O)CC1. The fourth-order valence-corrected chi connectivity index (χ4v) is 7.38. The summed E-state index contributed by atoms with van der Waals surface area (Å²) in [6.07, 6.45) is 4.39. The van der Waals surface area contributed by atoms with Crippen molar-refractivity contribution in [2.45, 2.75) is 70.5 Å². The van der Waals surface area contributed by atoms with Gasteiger partial charge in [0.05, 0.1) is 17.9 Å². The van der Waals surface area contributed by atoms with Crippen molar-refractivity contribution in [1.29, 1.82) is 0 Å². The Morgan fingerprint density at radius 1 is 1.02 bits per heavy atom. The van der Waals surface area contributed by atoms with E-state index >= 15 is 4.79 Å². The molecule has 3 heterocycles. The second-order valence-corrected chi connectivity index (χ2v) is 16.4. The lowest BCUT2D eigenvalue weighted by atomic mass is 9.71. The number of likely N-dealkylation sites (tertiary alicyclic amines) is 1. The Bertz CT molecular complexity index is 1760. The number of sulfone groups is 1. The van der Waals surface area contributed by atoms with E-state index in [1.165, 1.54) is 6.26 Å². The van der Waals surface area contributed by atoms with E-state index in [1.54, 1.807) is 6.20 Å². The number of pyridine rings is 1. The van der Waals surface area contributed by atoms with Crippen LogP contribution < -0.4 is 10.1 Å². The molecule has 2 aliphatic heterocycles. The van der Waals surface area contributed by atoms with Gasteiger partial charge in [-0.15, -0.1) is 0 Å². The number of urea groups is 1. The zero-order valence-electron chi connectivity index (χ0n) is 28.5. The molecular formula is C36H45Cl2N5O4S. The van der Waals surface area contributed by atoms with E-state index in [2.05, 4.69) is 26.1 Å². The molecule has 0 unspecified atom stereocenters. The number of piperidine rings is 1. The number of benzene rings is 2. The van der Waals surface area contributed by atoms with Gasteiger partial charge < -0.3 is 15.0 Å². The Morgan fingerprint density at radius 3 is 2.15 bits per heavy atom. The van der Waals surface area contributed by atoms with E-state index < -0.39 is 20.9 Å². The van der Waals surface area contributed by atoms with Gasteiger partial charge in [0.1, 0.15) is 32.5 Å². The molecule has 0 aliphatic carbocycles. The lowest BCUT2D eigenvalue weighted by Gasteiger charge is -2.47. The number of hydrogen-bond acceptors (Lipinski definition) is 7. The summed E-state index contributed by atoms with van der Waals surface area (Å²) in [4.78, 5) is 29.0. The molecule has 0 spiro atoms. The minimum absolute atomic E-state index is 0.0777. The number of carbonyl (C=O) groups is 1. The maximum atomic E-state index is 15.1. The van der Waals surface area contributed by atoms with E-state index in [0.717, 1.165) is 16.8 Å². The number of carbonyl (C=O) groups excluding carboxylic acids is 1. The third-order valence-corrected chi connectivity index (χ3v) is 11.1. The zero-order valence-corrected chi connectivity index (χ0v) is 30.8. The number of nitrogens with zero attached hydrogens (tertiary/aromatic N) is 4. The van der Waals surface area contributed by atoms with Gasteiger partial charge >= 0.3 is 6.03 Å². The molecule has 1 N–H and O–H groups in total. The predicted molar refractivity (Wildman–Crippen MR) is 193 cm³/mol. The molecule has 2 atom stereocenters. The Balaban J connectivity index is 1.64. The van der Waals surface area contributed by atoms with Crippen LogP contribution in [0, 0.1) is 0 Å². The van der Waals surface area contributed by atoms with Crippen LogP contribution in [0.4, 0.5) is 4.79 Å². The van der Waals surface area contributed by atoms with E-state index in [0.29, 0.717) is 66.3 Å². The fourth-order valence-electron chi connectivity index (χ4n) is 6.64. The summed E-state index contributed by atoms with van der Waals surface area (Å²) in [7, 11) is -3.06. The van der Waals surface area contributed by atoms with Gasteiger partial charge in [0.2, 0.25) is 0 Å². The topological polar surface area (TPSA) is 104 Å². The molecule has 9 nitrogen and oxygen atoms in total. The van der Waals surface area contributed by atoms with Crippen LogP contribution in [0.25, 0.3) is 0 Å². The van der Waals surface area contributed by atoms with Crippen LogP contribution in [0.3, 0.4) is 0 Å². The van der Waals surface area contributed by atoms with Gasteiger partial charge in [0.25, 0.3) is 0 Å². The summed E-state index contributed by atoms with van der Waals surface area (Å²) in [6.45, 7) is 12.0. The molecule has 1 fully saturated rings. The first kappa shape index (κ1) is 36.1. The summed E-state index contributed by atoms with van der Waals surface area (Å²) in [6, 6.07) is 17.1. The highest BCUT2D eigenvalue weighted by molar-refractivity contribution is 7.90. The van der Waals surface area contributed by atoms with Gasteiger partial charge in [0, 0.05) is 59.9 Å². The van der Waals surface area contributed by atoms with Crippen LogP contribution in [-0.4, -0.2) is 79.4 Å². The molecule has 2 aromatic carbocycles. The standard InChI is InChI=1S/C36H45Cl2N5O4S/c1-7-47-32-22-31(24(2)3)40-23-30(32)33-41-35(4,25-8-12-27(37)13-9-25)36(5,26-10-14-28(38)15-11-26)43(33)34(44)42-19-16-29(17-20-42)39-18-21-48(6,45)46/h8-15,22-24,29,39H,7,16-21H2,1-6H3/t35-,36+/m0/s1. The Kier molecular flexibility index (Phi) is 10.8. The van der Waals surface area contributed by atoms with Crippen LogP contribution in [0.2, 0.25) is 10.0 Å². The molecule has 2 aliphatic rings. The zero-order chi connectivity index (χ0) is 34.9. The van der Waals surface area contributed by atoms with Crippen LogP contribution >= 0.6 is 23.2 Å². The normalized spacial score (nSPS) is 21.9. The predicted octanol–water partition coefficient (Wildman–Crippen LogP) is 7.02. The second kappa shape index (κ2) is 14.4. The summed E-state index contributed by atoms with van der Waals surface area (Å²) in [5.41, 5.74) is 1.26. The molecule has 5 rings (SSSR count). The molecule has 258 valence electrons. The van der Waals surface area contributed by atoms with Gasteiger partial charge in [0.15, 0.2) is 0 Å². The smallest absolute Gasteiger partial charge is 0.326 e. The first-order valence-electron chi connectivity index (χ1n) is 16.4. The van der Waals surface area contributed by atoms with E-state index in [4.69, 9.17) is 37.9 Å². The van der Waals surface area contributed by atoms with Crippen LogP contribution in [0.5, 0.6) is 5.75 Å². The monoisotopic (exact) mass is 713 g/mol. The van der Waals surface area contributed by atoms with Crippen molar-refractivity contribution in [2.75, 3.05) is 38.2 Å². The summed E-state index contributed by atoms with van der Waals surface area (Å²) in [5.74, 6) is 1.33. The molecular weight excluding hydrogens is 669 g/mol. The molecule has 1 saturated heterocycles. The first-order chi connectivity index (χ1) is 22.7. The number of ether oxygens (including phenoxy) is 1. The van der Waals surface area contributed by atoms with Crippen LogP contribution in [0.15, 0.2) is 65.8 Å². The minimum Gasteiger partial charge on any atom is -0.493 e. The number of amidine groups is 1. The molecule has 2 amide bonds.